The molecule has 2 heterocycles. The smallest absolute Gasteiger partial charge is 0.326 e. The molecule has 27 heavy (non-hydrogen) atoms. The number of carboxylic acids is 1. The Morgan fingerprint density at radius 2 is 1.93 bits per heavy atom. The van der Waals surface area contributed by atoms with E-state index in [-0.39, 0.29) is 17.5 Å². The van der Waals surface area contributed by atoms with Gasteiger partial charge in [-0.1, -0.05) is 12.1 Å². The average molecular weight is 367 g/mol. The minimum Gasteiger partial charge on any atom is -0.480 e. The zero-order valence-corrected chi connectivity index (χ0v) is 15.0. The molecule has 1 aliphatic rings. The first kappa shape index (κ1) is 18.6. The fourth-order valence-electron chi connectivity index (χ4n) is 3.19. The molecule has 7 nitrogen and oxygen atoms in total. The molecule has 1 saturated heterocycles. The van der Waals surface area contributed by atoms with E-state index in [0.717, 1.165) is 18.5 Å². The minimum absolute atomic E-state index is 0.286. The van der Waals surface area contributed by atoms with E-state index in [9.17, 15) is 19.5 Å². The Hall–Kier alpha value is -3.22. The number of nitrogens with one attached hydrogen (secondary N) is 1. The maximum Gasteiger partial charge on any atom is 0.326 e. The number of aromatic nitrogens is 1. The van der Waals surface area contributed by atoms with E-state index in [1.165, 1.54) is 4.90 Å². The van der Waals surface area contributed by atoms with Gasteiger partial charge in [-0.2, -0.15) is 0 Å². The molecule has 1 aromatic carbocycles. The molecule has 1 unspecified atom stereocenters. The molecule has 0 bridgehead atoms. The summed E-state index contributed by atoms with van der Waals surface area (Å²) in [6.45, 7) is 2.22. The number of carbonyl (C=O) groups excluding carboxylic acids is 2. The maximum atomic E-state index is 12.8. The highest BCUT2D eigenvalue weighted by Crippen LogP contribution is 2.21. The van der Waals surface area contributed by atoms with E-state index in [1.807, 2.05) is 0 Å². The van der Waals surface area contributed by atoms with Crippen LogP contribution in [0.25, 0.3) is 0 Å². The van der Waals surface area contributed by atoms with E-state index < -0.39 is 12.0 Å². The van der Waals surface area contributed by atoms with Gasteiger partial charge in [0.05, 0.1) is 0 Å². The highest BCUT2D eigenvalue weighted by molar-refractivity contribution is 6.04. The van der Waals surface area contributed by atoms with Crippen LogP contribution in [0.1, 0.15) is 45.8 Å². The summed E-state index contributed by atoms with van der Waals surface area (Å²) < 4.78 is 0. The third-order valence-corrected chi connectivity index (χ3v) is 4.54. The number of likely N-dealkylation sites (tertiary alicyclic amines) is 1. The summed E-state index contributed by atoms with van der Waals surface area (Å²) in [7, 11) is 0. The summed E-state index contributed by atoms with van der Waals surface area (Å²) >= 11 is 0. The van der Waals surface area contributed by atoms with Crippen molar-refractivity contribution in [2.24, 2.45) is 0 Å². The molecule has 1 atom stereocenters. The topological polar surface area (TPSA) is 99.6 Å². The van der Waals surface area contributed by atoms with Gasteiger partial charge in [0, 0.05) is 23.5 Å². The third-order valence-electron chi connectivity index (χ3n) is 4.54. The Kier molecular flexibility index (Phi) is 5.49. The summed E-state index contributed by atoms with van der Waals surface area (Å²) in [6.07, 6.45) is 2.03. The van der Waals surface area contributed by atoms with Crippen LogP contribution in [0.15, 0.2) is 42.5 Å². The van der Waals surface area contributed by atoms with Crippen molar-refractivity contribution >= 4 is 23.5 Å². The normalized spacial score (nSPS) is 16.6. The van der Waals surface area contributed by atoms with Crippen LogP contribution in [0.2, 0.25) is 0 Å². The van der Waals surface area contributed by atoms with Gasteiger partial charge in [0.15, 0.2) is 0 Å². The predicted molar refractivity (Wildman–Crippen MR) is 99.7 cm³/mol. The van der Waals surface area contributed by atoms with Crippen LogP contribution < -0.4 is 5.32 Å². The molecule has 0 spiro atoms. The van der Waals surface area contributed by atoms with Crippen molar-refractivity contribution in [2.75, 3.05) is 11.9 Å². The highest BCUT2D eigenvalue weighted by atomic mass is 16.4. The number of pyridine rings is 1. The average Bonchev–Trinajstić information content (AvgIpc) is 2.67. The Morgan fingerprint density at radius 1 is 1.15 bits per heavy atom. The lowest BCUT2D eigenvalue weighted by Gasteiger charge is -2.33. The van der Waals surface area contributed by atoms with Crippen LogP contribution in [0.5, 0.6) is 0 Å². The SMILES string of the molecule is Cc1cccc(C(=O)Nc2cccc(C(=O)N3CCCCC3C(=O)O)c2)n1. The summed E-state index contributed by atoms with van der Waals surface area (Å²) in [6, 6.07) is 10.9. The molecule has 1 aromatic heterocycles. The van der Waals surface area contributed by atoms with Gasteiger partial charge >= 0.3 is 5.97 Å². The molecule has 1 aliphatic heterocycles. The Balaban J connectivity index is 1.77. The molecule has 7 heteroatoms. The molecule has 2 N–H and O–H groups in total. The zero-order chi connectivity index (χ0) is 19.4. The number of hydrogen-bond donors (Lipinski definition) is 2. The largest absolute Gasteiger partial charge is 0.480 e. The van der Waals surface area contributed by atoms with Crippen LogP contribution >= 0.6 is 0 Å². The van der Waals surface area contributed by atoms with Crippen molar-refractivity contribution in [1.82, 2.24) is 9.88 Å². The maximum absolute atomic E-state index is 12.8. The number of aryl methyl sites for hydroxylation is 1. The first-order valence-corrected chi connectivity index (χ1v) is 8.84. The quantitative estimate of drug-likeness (QED) is 0.865. The third kappa shape index (κ3) is 4.31. The number of aliphatic carboxylic acids is 1. The Bertz CT molecular complexity index is 881. The lowest BCUT2D eigenvalue weighted by molar-refractivity contribution is -0.143. The van der Waals surface area contributed by atoms with Crippen LogP contribution in [0, 0.1) is 6.92 Å². The summed E-state index contributed by atoms with van der Waals surface area (Å²) in [4.78, 5) is 42.2. The lowest BCUT2D eigenvalue weighted by atomic mass is 10.0. The molecule has 0 saturated carbocycles. The monoisotopic (exact) mass is 367 g/mol. The molecule has 1 fully saturated rings. The van der Waals surface area contributed by atoms with Gasteiger partial charge in [0.25, 0.3) is 11.8 Å². The molecular weight excluding hydrogens is 346 g/mol. The van der Waals surface area contributed by atoms with E-state index in [0.29, 0.717) is 24.2 Å². The Labute approximate surface area is 157 Å². The van der Waals surface area contributed by atoms with Crippen molar-refractivity contribution in [3.63, 3.8) is 0 Å². The molecule has 0 radical (unpaired) electrons. The van der Waals surface area contributed by atoms with Crippen LogP contribution in [-0.2, 0) is 4.79 Å². The molecule has 0 aliphatic carbocycles. The lowest BCUT2D eigenvalue weighted by Crippen LogP contribution is -2.48. The van der Waals surface area contributed by atoms with Gasteiger partial charge in [-0.15, -0.1) is 0 Å². The van der Waals surface area contributed by atoms with Crippen molar-refractivity contribution in [2.45, 2.75) is 32.2 Å². The van der Waals surface area contributed by atoms with Gasteiger partial charge in [-0.3, -0.25) is 9.59 Å². The molecule has 2 amide bonds. The zero-order valence-electron chi connectivity index (χ0n) is 15.0. The standard InChI is InChI=1S/C20H21N3O4/c1-13-6-4-9-16(21-13)18(24)22-15-8-5-7-14(12-15)19(25)23-11-3-2-10-17(23)20(26)27/h4-9,12,17H,2-3,10-11H2,1H3,(H,22,24)(H,26,27). The second kappa shape index (κ2) is 7.99. The predicted octanol–water partition coefficient (Wildman–Crippen LogP) is 2.72. The van der Waals surface area contributed by atoms with Crippen molar-refractivity contribution < 1.29 is 19.5 Å². The van der Waals surface area contributed by atoms with Gasteiger partial charge in [0.1, 0.15) is 11.7 Å². The molecular formula is C20H21N3O4. The van der Waals surface area contributed by atoms with E-state index in [4.69, 9.17) is 0 Å². The number of rotatable bonds is 4. The van der Waals surface area contributed by atoms with E-state index >= 15 is 0 Å². The number of hydrogen-bond acceptors (Lipinski definition) is 4. The second-order valence-electron chi connectivity index (χ2n) is 6.55. The van der Waals surface area contributed by atoms with Gasteiger partial charge in [-0.05, 0) is 56.5 Å². The van der Waals surface area contributed by atoms with Crippen LogP contribution in [0.4, 0.5) is 5.69 Å². The molecule has 3 rings (SSSR count). The molecule has 140 valence electrons. The van der Waals surface area contributed by atoms with E-state index in [1.54, 1.807) is 49.4 Å². The summed E-state index contributed by atoms with van der Waals surface area (Å²) in [5.74, 6) is -1.70. The van der Waals surface area contributed by atoms with Gasteiger partial charge in [-0.25, -0.2) is 9.78 Å². The number of carboxylic acid groups (broad SMARTS) is 1. The van der Waals surface area contributed by atoms with Crippen molar-refractivity contribution in [1.29, 1.82) is 0 Å². The van der Waals surface area contributed by atoms with Gasteiger partial charge in [0.2, 0.25) is 0 Å². The fraction of sp³-hybridized carbons (Fsp3) is 0.300. The first-order valence-electron chi connectivity index (χ1n) is 8.84. The van der Waals surface area contributed by atoms with Crippen molar-refractivity contribution in [3.05, 3.63) is 59.4 Å². The van der Waals surface area contributed by atoms with E-state index in [2.05, 4.69) is 10.3 Å². The van der Waals surface area contributed by atoms with Crippen LogP contribution in [0.3, 0.4) is 0 Å². The number of anilines is 1. The fourth-order valence-corrected chi connectivity index (χ4v) is 3.19. The summed E-state index contributed by atoms with van der Waals surface area (Å²) in [5, 5.41) is 12.1. The number of benzene rings is 1. The number of carbonyl (C=O) groups is 3. The number of amides is 2. The minimum atomic E-state index is -0.988. The number of nitrogens with zero attached hydrogens (tertiary/aromatic N) is 2. The first-order chi connectivity index (χ1) is 13.0. The second-order valence-corrected chi connectivity index (χ2v) is 6.55. The van der Waals surface area contributed by atoms with Crippen LogP contribution in [-0.4, -0.2) is 45.4 Å². The highest BCUT2D eigenvalue weighted by Gasteiger charge is 2.32. The number of piperidine rings is 1. The van der Waals surface area contributed by atoms with Gasteiger partial charge < -0.3 is 15.3 Å². The van der Waals surface area contributed by atoms with Crippen molar-refractivity contribution in [3.8, 4) is 0 Å². The summed E-state index contributed by atoms with van der Waals surface area (Å²) in [5.41, 5.74) is 1.82. The molecule has 2 aromatic rings. The Morgan fingerprint density at radius 3 is 2.67 bits per heavy atom.